The van der Waals surface area contributed by atoms with Gasteiger partial charge in [0.25, 0.3) is 5.91 Å². The molecule has 4 fully saturated rings. The quantitative estimate of drug-likeness (QED) is 0.581. The van der Waals surface area contributed by atoms with Crippen molar-refractivity contribution in [2.45, 2.75) is 6.42 Å². The first kappa shape index (κ1) is 16.5. The molecular formula is C22H22N2O4. The summed E-state index contributed by atoms with van der Waals surface area (Å²) in [4.78, 5) is 42.4. The van der Waals surface area contributed by atoms with Gasteiger partial charge in [0.15, 0.2) is 0 Å². The molecule has 2 saturated carbocycles. The molecule has 6 aliphatic rings. The van der Waals surface area contributed by atoms with Crippen LogP contribution in [0.3, 0.4) is 0 Å². The van der Waals surface area contributed by atoms with Gasteiger partial charge in [-0.3, -0.25) is 14.4 Å². The molecule has 4 aliphatic carbocycles. The normalized spacial score (nSPS) is 37.9. The number of hydrogen-bond acceptors (Lipinski definition) is 4. The maximum absolute atomic E-state index is 13.2. The van der Waals surface area contributed by atoms with E-state index in [9.17, 15) is 14.4 Å². The second-order valence-electron chi connectivity index (χ2n) is 8.62. The van der Waals surface area contributed by atoms with Gasteiger partial charge in [-0.1, -0.05) is 18.2 Å². The van der Waals surface area contributed by atoms with Gasteiger partial charge in [0, 0.05) is 18.7 Å². The summed E-state index contributed by atoms with van der Waals surface area (Å²) in [6.45, 7) is 2.20. The fraction of sp³-hybridized carbons (Fsp3) is 0.500. The van der Waals surface area contributed by atoms with Gasteiger partial charge >= 0.3 is 0 Å². The number of ether oxygens (including phenoxy) is 1. The van der Waals surface area contributed by atoms with Crippen molar-refractivity contribution in [3.8, 4) is 0 Å². The number of anilines is 1. The molecular weight excluding hydrogens is 356 g/mol. The van der Waals surface area contributed by atoms with Crippen molar-refractivity contribution in [2.24, 2.45) is 35.5 Å². The predicted molar refractivity (Wildman–Crippen MR) is 100 cm³/mol. The van der Waals surface area contributed by atoms with Gasteiger partial charge in [-0.2, -0.15) is 0 Å². The van der Waals surface area contributed by atoms with Crippen molar-refractivity contribution >= 4 is 23.4 Å². The summed E-state index contributed by atoms with van der Waals surface area (Å²) < 4.78 is 5.31. The Morgan fingerprint density at radius 3 is 2.25 bits per heavy atom. The second-order valence-corrected chi connectivity index (χ2v) is 8.62. The molecule has 0 aromatic heterocycles. The zero-order valence-corrected chi connectivity index (χ0v) is 15.5. The second kappa shape index (κ2) is 5.77. The third-order valence-corrected chi connectivity index (χ3v) is 7.31. The molecule has 28 heavy (non-hydrogen) atoms. The Labute approximate surface area is 163 Å². The Morgan fingerprint density at radius 1 is 0.964 bits per heavy atom. The minimum atomic E-state index is -0.218. The highest BCUT2D eigenvalue weighted by molar-refractivity contribution is 6.23. The van der Waals surface area contributed by atoms with E-state index in [1.807, 2.05) is 0 Å². The Kier molecular flexibility index (Phi) is 3.39. The minimum Gasteiger partial charge on any atom is -0.378 e. The summed E-state index contributed by atoms with van der Waals surface area (Å²) >= 11 is 0. The fourth-order valence-electron chi connectivity index (χ4n) is 5.94. The van der Waals surface area contributed by atoms with E-state index in [-0.39, 0.29) is 41.4 Å². The van der Waals surface area contributed by atoms with Gasteiger partial charge in [0.05, 0.1) is 30.7 Å². The topological polar surface area (TPSA) is 66.9 Å². The third-order valence-electron chi connectivity index (χ3n) is 7.31. The number of morpholine rings is 1. The van der Waals surface area contributed by atoms with Crippen LogP contribution in [0, 0.1) is 35.5 Å². The average molecular weight is 378 g/mol. The van der Waals surface area contributed by atoms with Crippen LogP contribution < -0.4 is 4.90 Å². The summed E-state index contributed by atoms with van der Waals surface area (Å²) in [6, 6.07) is 6.97. The monoisotopic (exact) mass is 378 g/mol. The largest absolute Gasteiger partial charge is 0.378 e. The van der Waals surface area contributed by atoms with Crippen molar-refractivity contribution < 1.29 is 19.1 Å². The number of hydrogen-bond donors (Lipinski definition) is 0. The van der Waals surface area contributed by atoms with E-state index < -0.39 is 0 Å². The predicted octanol–water partition coefficient (Wildman–Crippen LogP) is 1.72. The van der Waals surface area contributed by atoms with E-state index >= 15 is 0 Å². The van der Waals surface area contributed by atoms with Gasteiger partial charge in [-0.15, -0.1) is 0 Å². The highest BCUT2D eigenvalue weighted by Crippen LogP contribution is 2.65. The molecule has 6 heteroatoms. The van der Waals surface area contributed by atoms with Crippen molar-refractivity contribution in [3.05, 3.63) is 42.0 Å². The van der Waals surface area contributed by atoms with Crippen LogP contribution in [0.25, 0.3) is 0 Å². The molecule has 0 spiro atoms. The van der Waals surface area contributed by atoms with Gasteiger partial charge in [0.2, 0.25) is 11.8 Å². The molecule has 0 unspecified atom stereocenters. The molecule has 6 atom stereocenters. The maximum Gasteiger partial charge on any atom is 0.254 e. The van der Waals surface area contributed by atoms with Gasteiger partial charge in [-0.05, 0) is 48.3 Å². The minimum absolute atomic E-state index is 0.0790. The van der Waals surface area contributed by atoms with E-state index in [1.165, 1.54) is 4.90 Å². The number of carbonyl (C=O) groups excluding carboxylic acids is 3. The summed E-state index contributed by atoms with van der Waals surface area (Å²) in [7, 11) is 0. The standard InChI is InChI=1S/C22H22N2O4/c25-20(23-6-8-28-9-7-23)12-2-1-3-13(10-12)24-21(26)18-14-4-5-15(17-11-16(14)17)19(18)22(24)27/h1-5,10,14-19H,6-9,11H2/t14-,15+,16-,17-,18+,19+/m1/s1. The van der Waals surface area contributed by atoms with Crippen LogP contribution in [-0.4, -0.2) is 48.9 Å². The molecule has 3 amide bonds. The summed E-state index contributed by atoms with van der Waals surface area (Å²) in [5.41, 5.74) is 1.04. The highest BCUT2D eigenvalue weighted by atomic mass is 16.5. The lowest BCUT2D eigenvalue weighted by Gasteiger charge is -2.37. The molecule has 2 bridgehead atoms. The van der Waals surface area contributed by atoms with Gasteiger partial charge in [-0.25, -0.2) is 4.90 Å². The van der Waals surface area contributed by atoms with E-state index in [1.54, 1.807) is 29.2 Å². The molecule has 1 aromatic carbocycles. The van der Waals surface area contributed by atoms with Crippen LogP contribution in [0.4, 0.5) is 5.69 Å². The van der Waals surface area contributed by atoms with Crippen molar-refractivity contribution in [2.75, 3.05) is 31.2 Å². The fourth-order valence-corrected chi connectivity index (χ4v) is 5.94. The summed E-state index contributed by atoms with van der Waals surface area (Å²) in [6.07, 6.45) is 5.50. The van der Waals surface area contributed by atoms with Gasteiger partial charge < -0.3 is 9.64 Å². The van der Waals surface area contributed by atoms with E-state index in [2.05, 4.69) is 12.2 Å². The average Bonchev–Trinajstić information content (AvgIpc) is 3.52. The highest BCUT2D eigenvalue weighted by Gasteiger charge is 2.67. The van der Waals surface area contributed by atoms with Gasteiger partial charge in [0.1, 0.15) is 0 Å². The van der Waals surface area contributed by atoms with Crippen LogP contribution in [0.1, 0.15) is 16.8 Å². The van der Waals surface area contributed by atoms with Crippen LogP contribution in [0.5, 0.6) is 0 Å². The van der Waals surface area contributed by atoms with Crippen molar-refractivity contribution in [3.63, 3.8) is 0 Å². The molecule has 2 saturated heterocycles. The number of nitrogens with zero attached hydrogens (tertiary/aromatic N) is 2. The molecule has 2 heterocycles. The third kappa shape index (κ3) is 2.15. The Morgan fingerprint density at radius 2 is 1.61 bits per heavy atom. The maximum atomic E-state index is 13.2. The van der Waals surface area contributed by atoms with Crippen LogP contribution in [0.2, 0.25) is 0 Å². The smallest absolute Gasteiger partial charge is 0.254 e. The molecule has 2 aliphatic heterocycles. The first-order valence-corrected chi connectivity index (χ1v) is 10.2. The summed E-state index contributed by atoms with van der Waals surface area (Å²) in [5.74, 6) is 0.897. The van der Waals surface area contributed by atoms with E-state index in [4.69, 9.17) is 4.74 Å². The Bertz CT molecular complexity index is 883. The molecule has 144 valence electrons. The zero-order chi connectivity index (χ0) is 19.0. The SMILES string of the molecule is O=C(c1cccc(N2C(=O)[C@H]3[C@@H]4C=C[C@@H]([C@H]5C[C@H]45)[C@@H]3C2=O)c1)N1CCOCC1. The molecule has 0 radical (unpaired) electrons. The molecule has 1 aromatic rings. The number of carbonyl (C=O) groups is 3. The van der Waals surface area contributed by atoms with Crippen molar-refractivity contribution in [1.82, 2.24) is 4.90 Å². The van der Waals surface area contributed by atoms with E-state index in [0.717, 1.165) is 6.42 Å². The lowest BCUT2D eigenvalue weighted by Crippen LogP contribution is -2.40. The van der Waals surface area contributed by atoms with E-state index in [0.29, 0.717) is 49.4 Å². The lowest BCUT2D eigenvalue weighted by molar-refractivity contribution is -0.124. The Balaban J connectivity index is 1.31. The van der Waals surface area contributed by atoms with Crippen LogP contribution >= 0.6 is 0 Å². The summed E-state index contributed by atoms with van der Waals surface area (Å²) in [5, 5.41) is 0. The lowest BCUT2D eigenvalue weighted by atomic mass is 9.63. The Hall–Kier alpha value is -2.47. The number of imide groups is 1. The molecule has 6 nitrogen and oxygen atoms in total. The first-order valence-electron chi connectivity index (χ1n) is 10.2. The zero-order valence-electron chi connectivity index (χ0n) is 15.5. The number of rotatable bonds is 2. The van der Waals surface area contributed by atoms with Crippen molar-refractivity contribution in [1.29, 1.82) is 0 Å². The molecule has 0 N–H and O–H groups in total. The first-order chi connectivity index (χ1) is 13.6. The molecule has 7 rings (SSSR count). The number of allylic oxidation sites excluding steroid dienone is 2. The number of amides is 3. The number of benzene rings is 1. The van der Waals surface area contributed by atoms with Crippen LogP contribution in [0.15, 0.2) is 36.4 Å². The van der Waals surface area contributed by atoms with Crippen LogP contribution in [-0.2, 0) is 14.3 Å².